The van der Waals surface area contributed by atoms with E-state index in [9.17, 15) is 0 Å². The van der Waals surface area contributed by atoms with Crippen LogP contribution in [0.15, 0.2) is 231 Å². The highest BCUT2D eigenvalue weighted by Crippen LogP contribution is 2.64. The Hall–Kier alpha value is -8.39. The maximum Gasteiger partial charge on any atom is 0.0725 e. The van der Waals surface area contributed by atoms with Crippen LogP contribution in [0.5, 0.6) is 0 Å². The van der Waals surface area contributed by atoms with E-state index in [4.69, 9.17) is 4.98 Å². The predicted octanol–water partition coefficient (Wildman–Crippen LogP) is 22.8. The number of rotatable bonds is 20. The molecule has 0 fully saturated rings. The molecule has 10 aromatic carbocycles. The summed E-state index contributed by atoms with van der Waals surface area (Å²) < 4.78 is 0. The van der Waals surface area contributed by atoms with Crippen molar-refractivity contribution in [3.05, 3.63) is 281 Å². The van der Waals surface area contributed by atoms with Crippen molar-refractivity contribution in [3.8, 4) is 78.0 Å². The van der Waals surface area contributed by atoms with Crippen LogP contribution in [0.3, 0.4) is 0 Å². The Morgan fingerprint density at radius 1 is 0.310 bits per heavy atom. The minimum atomic E-state index is -0.458. The quantitative estimate of drug-likeness (QED) is 0.0693. The molecule has 0 amide bonds. The number of pyridine rings is 1. The average Bonchev–Trinajstić information content (AvgIpc) is 1.65. The number of aryl methyl sites for hydroxylation is 2. The zero-order valence-corrected chi connectivity index (χ0v) is 49.5. The molecule has 1 atom stereocenters. The van der Waals surface area contributed by atoms with E-state index in [0.717, 1.165) is 42.5 Å². The van der Waals surface area contributed by atoms with Crippen LogP contribution in [0.25, 0.3) is 88.9 Å². The van der Waals surface area contributed by atoms with E-state index in [0.29, 0.717) is 0 Å². The molecule has 0 aliphatic heterocycles. The van der Waals surface area contributed by atoms with Gasteiger partial charge in [-0.3, -0.25) is 0 Å². The van der Waals surface area contributed by atoms with Gasteiger partial charge in [-0.2, -0.15) is 0 Å². The van der Waals surface area contributed by atoms with Crippen LogP contribution in [0, 0.1) is 0 Å². The zero-order valence-electron chi connectivity index (χ0n) is 49.5. The normalized spacial score (nSPS) is 14.8. The van der Waals surface area contributed by atoms with Crippen molar-refractivity contribution in [2.45, 2.75) is 128 Å². The number of aromatic nitrogens is 1. The minimum Gasteiger partial charge on any atom is -0.248 e. The number of unbranched alkanes of at least 4 members (excludes halogenated alkanes) is 9. The summed E-state index contributed by atoms with van der Waals surface area (Å²) in [7, 11) is 0. The lowest BCUT2D eigenvalue weighted by Gasteiger charge is -2.33. The van der Waals surface area contributed by atoms with E-state index in [1.54, 1.807) is 0 Å². The first-order valence-electron chi connectivity index (χ1n) is 32.0. The predicted molar refractivity (Wildman–Crippen MR) is 356 cm³/mol. The van der Waals surface area contributed by atoms with Gasteiger partial charge < -0.3 is 0 Å². The maximum atomic E-state index is 5.97. The Kier molecular flexibility index (Phi) is 14.7. The molecule has 1 nitrogen and oxygen atoms in total. The second-order valence-corrected chi connectivity index (χ2v) is 24.5. The van der Waals surface area contributed by atoms with Gasteiger partial charge in [0.05, 0.1) is 16.6 Å². The summed E-state index contributed by atoms with van der Waals surface area (Å²) in [5.74, 6) is 0. The lowest BCUT2D eigenvalue weighted by Crippen LogP contribution is -2.27. The van der Waals surface area contributed by atoms with Gasteiger partial charge in [0, 0.05) is 16.4 Å². The van der Waals surface area contributed by atoms with Gasteiger partial charge in [-0.25, -0.2) is 4.98 Å². The van der Waals surface area contributed by atoms with Crippen molar-refractivity contribution in [1.82, 2.24) is 4.98 Å². The second-order valence-electron chi connectivity index (χ2n) is 24.5. The van der Waals surface area contributed by atoms with Crippen molar-refractivity contribution in [2.75, 3.05) is 0 Å². The van der Waals surface area contributed by atoms with Gasteiger partial charge in [0.25, 0.3) is 0 Å². The molecule has 3 aliphatic rings. The summed E-state index contributed by atoms with van der Waals surface area (Å²) in [6.45, 7) is 6.95. The number of hydrogen-bond donors (Lipinski definition) is 0. The van der Waals surface area contributed by atoms with Gasteiger partial charge in [0.2, 0.25) is 0 Å². The molecule has 0 bridgehead atoms. The molecule has 3 aliphatic carbocycles. The third-order valence-corrected chi connectivity index (χ3v) is 19.5. The third kappa shape index (κ3) is 9.09. The van der Waals surface area contributed by atoms with Gasteiger partial charge in [-0.05, 0) is 185 Å². The van der Waals surface area contributed by atoms with E-state index < -0.39 is 5.41 Å². The van der Waals surface area contributed by atoms with Crippen molar-refractivity contribution >= 4 is 10.9 Å². The maximum absolute atomic E-state index is 5.97. The van der Waals surface area contributed by atoms with Crippen LogP contribution in [0.2, 0.25) is 0 Å². The van der Waals surface area contributed by atoms with Crippen LogP contribution in [0.1, 0.15) is 154 Å². The standard InChI is InChI=1S/C83H77N/c1-4-7-10-15-28-57-42-45-67-68-46-43-58(29-16-11-8-5-2)52-75(68)83(74(67)51-57)73-41-24-21-38-66(73)69-47-44-63(55-76(69)83)78-49-48-71-79(84-78)56-77-81(70-39-22-23-40-72(70)82(77,50-25-12-9-6-3)65-36-19-14-20-37-65)80(71)64-35-27-34-62(54-64)61-33-26-32-60(53-61)59-30-17-13-18-31-59/h13-14,17-24,26-27,30-49,51-56H,4-12,15-16,25,28-29,50H2,1-3H3. The highest BCUT2D eigenvalue weighted by atomic mass is 14.7. The Balaban J connectivity index is 0.980. The van der Waals surface area contributed by atoms with Gasteiger partial charge in [-0.1, -0.05) is 279 Å². The molecule has 1 heterocycles. The van der Waals surface area contributed by atoms with E-state index >= 15 is 0 Å². The number of benzene rings is 10. The van der Waals surface area contributed by atoms with Crippen molar-refractivity contribution in [3.63, 3.8) is 0 Å². The first-order chi connectivity index (χ1) is 41.5. The highest BCUT2D eigenvalue weighted by Gasteiger charge is 2.52. The summed E-state index contributed by atoms with van der Waals surface area (Å²) in [5.41, 5.74) is 30.5. The molecule has 0 saturated carbocycles. The lowest BCUT2D eigenvalue weighted by atomic mass is 9.69. The molecule has 414 valence electrons. The first-order valence-corrected chi connectivity index (χ1v) is 32.0. The molecule has 0 saturated heterocycles. The first kappa shape index (κ1) is 53.6. The van der Waals surface area contributed by atoms with Crippen molar-refractivity contribution < 1.29 is 0 Å². The van der Waals surface area contributed by atoms with Crippen LogP contribution in [-0.4, -0.2) is 4.98 Å². The molecule has 0 N–H and O–H groups in total. The van der Waals surface area contributed by atoms with Crippen LogP contribution in [-0.2, 0) is 23.7 Å². The van der Waals surface area contributed by atoms with E-state index in [1.165, 1.54) is 193 Å². The molecule has 11 aromatic rings. The highest BCUT2D eigenvalue weighted by molar-refractivity contribution is 6.08. The fourth-order valence-electron chi connectivity index (χ4n) is 15.5. The monoisotopic (exact) mass is 1090 g/mol. The fraction of sp³-hybridized carbons (Fsp3) is 0.241. The van der Waals surface area contributed by atoms with Crippen molar-refractivity contribution in [2.24, 2.45) is 0 Å². The number of hydrogen-bond acceptors (Lipinski definition) is 1. The topological polar surface area (TPSA) is 12.9 Å². The lowest BCUT2D eigenvalue weighted by molar-refractivity contribution is 0.516. The molecule has 1 unspecified atom stereocenters. The van der Waals surface area contributed by atoms with E-state index in [2.05, 4.69) is 251 Å². The minimum absolute atomic E-state index is 0.359. The fourth-order valence-corrected chi connectivity index (χ4v) is 15.5. The Morgan fingerprint density at radius 3 is 1.48 bits per heavy atom. The van der Waals surface area contributed by atoms with Gasteiger partial charge >= 0.3 is 0 Å². The molecule has 1 aromatic heterocycles. The number of nitrogens with zero attached hydrogens (tertiary/aromatic N) is 1. The summed E-state index contributed by atoms with van der Waals surface area (Å²) in [6, 6.07) is 89.0. The third-order valence-electron chi connectivity index (χ3n) is 19.5. The molecule has 0 radical (unpaired) electrons. The van der Waals surface area contributed by atoms with Gasteiger partial charge in [0.1, 0.15) is 0 Å². The summed E-state index contributed by atoms with van der Waals surface area (Å²) in [6.07, 6.45) is 18.0. The second kappa shape index (κ2) is 23.0. The van der Waals surface area contributed by atoms with Crippen LogP contribution in [0.4, 0.5) is 0 Å². The average molecular weight is 1090 g/mol. The zero-order chi connectivity index (χ0) is 56.6. The van der Waals surface area contributed by atoms with Crippen molar-refractivity contribution in [1.29, 1.82) is 0 Å². The molecular weight excluding hydrogens is 1010 g/mol. The largest absolute Gasteiger partial charge is 0.248 e. The molecule has 1 spiro atoms. The van der Waals surface area contributed by atoms with E-state index in [-0.39, 0.29) is 5.41 Å². The Morgan fingerprint density at radius 2 is 0.821 bits per heavy atom. The molecular formula is C83H77N. The summed E-state index contributed by atoms with van der Waals surface area (Å²) in [5, 5.41) is 1.18. The summed E-state index contributed by atoms with van der Waals surface area (Å²) in [4.78, 5) is 5.97. The Labute approximate surface area is 499 Å². The van der Waals surface area contributed by atoms with E-state index in [1.807, 2.05) is 0 Å². The summed E-state index contributed by atoms with van der Waals surface area (Å²) >= 11 is 0. The number of fused-ring (bicyclic) bond motifs is 14. The molecule has 1 heteroatoms. The molecule has 14 rings (SSSR count). The smallest absolute Gasteiger partial charge is 0.0725 e. The Bertz CT molecular complexity index is 4160. The van der Waals surface area contributed by atoms with Crippen LogP contribution >= 0.6 is 0 Å². The van der Waals surface area contributed by atoms with Gasteiger partial charge in [0.15, 0.2) is 0 Å². The van der Waals surface area contributed by atoms with Crippen LogP contribution < -0.4 is 0 Å². The van der Waals surface area contributed by atoms with Gasteiger partial charge in [-0.15, -0.1) is 0 Å². The SMILES string of the molecule is CCCCCCc1ccc2c(c1)C1(c3ccccc3-c3ccc(-c4ccc5c(-c6cccc(-c7cccc(-c8ccccc8)c7)c6)c6c(cc5n4)C(CCCCCC)(c4ccccc4)c4ccccc4-6)cc31)c1cc(CCCCCC)ccc1-2. The molecule has 84 heavy (non-hydrogen) atoms.